The lowest BCUT2D eigenvalue weighted by atomic mass is 10.2. The lowest BCUT2D eigenvalue weighted by Gasteiger charge is -2.34. The van der Waals surface area contributed by atoms with Gasteiger partial charge in [-0.05, 0) is 30.8 Å². The van der Waals surface area contributed by atoms with Crippen LogP contribution in [0.4, 0.5) is 8.78 Å². The molecule has 0 radical (unpaired) electrons. The fourth-order valence-electron chi connectivity index (χ4n) is 2.72. The highest BCUT2D eigenvalue weighted by Gasteiger charge is 2.25. The molecule has 3 heterocycles. The highest BCUT2D eigenvalue weighted by atomic mass is 32.2. The molecule has 0 atom stereocenters. The molecule has 6 nitrogen and oxygen atoms in total. The molecular formula is C16H18F2N4O2S. The maximum Gasteiger partial charge on any atom is 0.290 e. The van der Waals surface area contributed by atoms with Gasteiger partial charge in [0.1, 0.15) is 5.03 Å². The Kier molecular flexibility index (Phi) is 5.64. The number of hydrogen-bond donors (Lipinski definition) is 0. The predicted molar refractivity (Wildman–Crippen MR) is 88.5 cm³/mol. The molecular weight excluding hydrogens is 350 g/mol. The number of aromatic nitrogens is 2. The van der Waals surface area contributed by atoms with Crippen LogP contribution in [0.3, 0.4) is 0 Å². The van der Waals surface area contributed by atoms with Crippen LogP contribution in [-0.2, 0) is 6.54 Å². The zero-order valence-corrected chi connectivity index (χ0v) is 14.5. The third-order valence-corrected chi connectivity index (χ3v) is 4.64. The molecule has 0 unspecified atom stereocenters. The average Bonchev–Trinajstić information content (AvgIpc) is 3.00. The van der Waals surface area contributed by atoms with Crippen LogP contribution in [0.2, 0.25) is 0 Å². The summed E-state index contributed by atoms with van der Waals surface area (Å²) in [7, 11) is 0. The number of thioether (sulfide) groups is 1. The fraction of sp³-hybridized carbons (Fsp3) is 0.438. The van der Waals surface area contributed by atoms with Crippen molar-refractivity contribution in [2.45, 2.75) is 24.3 Å². The molecule has 134 valence electrons. The van der Waals surface area contributed by atoms with Gasteiger partial charge in [0.2, 0.25) is 0 Å². The Morgan fingerprint density at radius 1 is 1.36 bits per heavy atom. The van der Waals surface area contributed by atoms with E-state index in [9.17, 15) is 13.6 Å². The van der Waals surface area contributed by atoms with Crippen molar-refractivity contribution in [1.82, 2.24) is 19.9 Å². The summed E-state index contributed by atoms with van der Waals surface area (Å²) in [6.45, 7) is 4.93. The molecule has 2 aromatic heterocycles. The van der Waals surface area contributed by atoms with Gasteiger partial charge in [0.25, 0.3) is 11.7 Å². The van der Waals surface area contributed by atoms with Crippen LogP contribution >= 0.6 is 11.8 Å². The third kappa shape index (κ3) is 4.55. The molecule has 1 amide bonds. The van der Waals surface area contributed by atoms with Crippen molar-refractivity contribution in [3.05, 3.63) is 41.4 Å². The van der Waals surface area contributed by atoms with E-state index in [0.717, 1.165) is 11.5 Å². The van der Waals surface area contributed by atoms with Gasteiger partial charge < -0.3 is 9.42 Å². The van der Waals surface area contributed by atoms with E-state index in [1.165, 1.54) is 6.20 Å². The molecule has 0 saturated carbocycles. The summed E-state index contributed by atoms with van der Waals surface area (Å²) in [5.41, 5.74) is 1.07. The van der Waals surface area contributed by atoms with Crippen LogP contribution in [-0.4, -0.2) is 57.8 Å². The summed E-state index contributed by atoms with van der Waals surface area (Å²) in [5.74, 6) is -2.07. The standard InChI is InChI=1S/C16H18F2N4O2S/c1-11-9-12(24-20-11)10-21-5-7-22(8-6-21)15(23)13-3-2-4-19-14(13)25-16(17)18/h2-4,9,16H,5-8,10H2,1H3. The molecule has 0 spiro atoms. The number of nitrogens with zero attached hydrogens (tertiary/aromatic N) is 4. The molecule has 9 heteroatoms. The summed E-state index contributed by atoms with van der Waals surface area (Å²) in [4.78, 5) is 20.4. The SMILES string of the molecule is Cc1cc(CN2CCN(C(=O)c3cccnc3SC(F)F)CC2)on1. The van der Waals surface area contributed by atoms with Crippen molar-refractivity contribution in [2.24, 2.45) is 0 Å². The van der Waals surface area contributed by atoms with Gasteiger partial charge in [-0.2, -0.15) is 8.78 Å². The van der Waals surface area contributed by atoms with Crippen molar-refractivity contribution in [3.8, 4) is 0 Å². The summed E-state index contributed by atoms with van der Waals surface area (Å²) < 4.78 is 30.5. The van der Waals surface area contributed by atoms with E-state index in [2.05, 4.69) is 15.0 Å². The number of amides is 1. The minimum absolute atomic E-state index is 0.0714. The highest BCUT2D eigenvalue weighted by molar-refractivity contribution is 7.99. The Morgan fingerprint density at radius 2 is 2.12 bits per heavy atom. The molecule has 0 aromatic carbocycles. The molecule has 1 fully saturated rings. The third-order valence-electron chi connectivity index (χ3n) is 3.92. The first-order chi connectivity index (χ1) is 12.0. The van der Waals surface area contributed by atoms with Crippen molar-refractivity contribution >= 4 is 17.7 Å². The maximum atomic E-state index is 12.7. The zero-order valence-electron chi connectivity index (χ0n) is 13.7. The van der Waals surface area contributed by atoms with Gasteiger partial charge >= 0.3 is 0 Å². The highest BCUT2D eigenvalue weighted by Crippen LogP contribution is 2.27. The van der Waals surface area contributed by atoms with Crippen LogP contribution in [0.5, 0.6) is 0 Å². The van der Waals surface area contributed by atoms with Crippen molar-refractivity contribution in [2.75, 3.05) is 26.2 Å². The summed E-state index contributed by atoms with van der Waals surface area (Å²) in [5, 5.41) is 3.93. The minimum Gasteiger partial charge on any atom is -0.360 e. The normalized spacial score (nSPS) is 15.8. The number of rotatable bonds is 5. The van der Waals surface area contributed by atoms with E-state index >= 15 is 0 Å². The predicted octanol–water partition coefficient (Wildman–Crippen LogP) is 2.65. The van der Waals surface area contributed by atoms with E-state index in [1.807, 2.05) is 13.0 Å². The van der Waals surface area contributed by atoms with E-state index in [4.69, 9.17) is 4.52 Å². The van der Waals surface area contributed by atoms with Crippen molar-refractivity contribution < 1.29 is 18.1 Å². The number of carbonyl (C=O) groups excluding carboxylic acids is 1. The van der Waals surface area contributed by atoms with Crippen LogP contribution in [0.25, 0.3) is 0 Å². The van der Waals surface area contributed by atoms with Gasteiger partial charge in [0.15, 0.2) is 5.76 Å². The molecule has 1 aliphatic heterocycles. The number of piperazine rings is 1. The second kappa shape index (κ2) is 7.92. The molecule has 3 rings (SSSR count). The van der Waals surface area contributed by atoms with Crippen LogP contribution in [0.1, 0.15) is 21.8 Å². The van der Waals surface area contributed by atoms with E-state index in [0.29, 0.717) is 44.5 Å². The largest absolute Gasteiger partial charge is 0.360 e. The first kappa shape index (κ1) is 17.8. The Hall–Kier alpha value is -2.00. The smallest absolute Gasteiger partial charge is 0.290 e. The molecule has 1 aliphatic rings. The Morgan fingerprint density at radius 3 is 2.76 bits per heavy atom. The van der Waals surface area contributed by atoms with Crippen LogP contribution < -0.4 is 0 Å². The first-order valence-electron chi connectivity index (χ1n) is 7.86. The Balaban J connectivity index is 1.60. The summed E-state index contributed by atoms with van der Waals surface area (Å²) in [6.07, 6.45) is 1.42. The number of carbonyl (C=O) groups is 1. The van der Waals surface area contributed by atoms with Crippen molar-refractivity contribution in [1.29, 1.82) is 0 Å². The van der Waals surface area contributed by atoms with Crippen LogP contribution in [0.15, 0.2) is 33.9 Å². The Labute approximate surface area is 148 Å². The lowest BCUT2D eigenvalue weighted by Crippen LogP contribution is -2.48. The molecule has 1 saturated heterocycles. The lowest BCUT2D eigenvalue weighted by molar-refractivity contribution is 0.0613. The quantitative estimate of drug-likeness (QED) is 0.756. The average molecular weight is 368 g/mol. The van der Waals surface area contributed by atoms with E-state index in [-0.39, 0.29) is 16.5 Å². The second-order valence-corrected chi connectivity index (χ2v) is 6.72. The monoisotopic (exact) mass is 368 g/mol. The van der Waals surface area contributed by atoms with Gasteiger partial charge in [-0.25, -0.2) is 4.98 Å². The van der Waals surface area contributed by atoms with Gasteiger partial charge in [-0.1, -0.05) is 5.16 Å². The molecule has 25 heavy (non-hydrogen) atoms. The number of hydrogen-bond acceptors (Lipinski definition) is 6. The number of halogens is 2. The van der Waals surface area contributed by atoms with Gasteiger partial charge in [-0.3, -0.25) is 9.69 Å². The number of alkyl halides is 2. The maximum absolute atomic E-state index is 12.7. The van der Waals surface area contributed by atoms with E-state index in [1.54, 1.807) is 17.0 Å². The second-order valence-electron chi connectivity index (χ2n) is 5.74. The topological polar surface area (TPSA) is 62.5 Å². The van der Waals surface area contributed by atoms with Gasteiger partial charge in [-0.15, -0.1) is 0 Å². The molecule has 0 N–H and O–H groups in total. The minimum atomic E-state index is -2.61. The fourth-order valence-corrected chi connectivity index (χ4v) is 3.30. The van der Waals surface area contributed by atoms with Gasteiger partial charge in [0, 0.05) is 38.4 Å². The zero-order chi connectivity index (χ0) is 17.8. The molecule has 0 bridgehead atoms. The van der Waals surface area contributed by atoms with Crippen molar-refractivity contribution in [3.63, 3.8) is 0 Å². The van der Waals surface area contributed by atoms with Crippen LogP contribution in [0, 0.1) is 6.92 Å². The molecule has 2 aromatic rings. The van der Waals surface area contributed by atoms with Gasteiger partial charge in [0.05, 0.1) is 17.8 Å². The number of pyridine rings is 1. The molecule has 0 aliphatic carbocycles. The summed E-state index contributed by atoms with van der Waals surface area (Å²) in [6, 6.07) is 5.02. The first-order valence-corrected chi connectivity index (χ1v) is 8.74. The number of aryl methyl sites for hydroxylation is 1. The van der Waals surface area contributed by atoms with E-state index < -0.39 is 5.76 Å². The Bertz CT molecular complexity index is 732. The summed E-state index contributed by atoms with van der Waals surface area (Å²) >= 11 is 0.300.